The molecule has 2 aromatic carbocycles. The predicted molar refractivity (Wildman–Crippen MR) is 67.4 cm³/mol. The van der Waals surface area contributed by atoms with Crippen LogP contribution in [0.15, 0.2) is 42.5 Å². The number of hydrogen-bond acceptors (Lipinski definition) is 3. The fourth-order valence-corrected chi connectivity index (χ4v) is 1.44. The minimum absolute atomic E-state index is 0.0880. The third kappa shape index (κ3) is 4.93. The Morgan fingerprint density at radius 2 is 1.12 bits per heavy atom. The smallest absolute Gasteiger partial charge is 0.119 e. The molecule has 90 valence electrons. The largest absolute Gasteiger partial charge is 0.508 e. The fourth-order valence-electron chi connectivity index (χ4n) is 1.44. The summed E-state index contributed by atoms with van der Waals surface area (Å²) < 4.78 is 0. The molecule has 0 amide bonds. The molecule has 2 rings (SSSR count). The summed E-state index contributed by atoms with van der Waals surface area (Å²) in [6.07, 6.45) is 0. The highest BCUT2D eigenvalue weighted by atomic mass is 16.3. The van der Waals surface area contributed by atoms with E-state index in [0.717, 1.165) is 11.1 Å². The summed E-state index contributed by atoms with van der Waals surface area (Å²) in [4.78, 5) is 0. The molecule has 3 nitrogen and oxygen atoms in total. The van der Waals surface area contributed by atoms with Crippen LogP contribution in [-0.4, -0.2) is 15.3 Å². The summed E-state index contributed by atoms with van der Waals surface area (Å²) in [5.41, 5.74) is 2.21. The Morgan fingerprint density at radius 1 is 0.647 bits per heavy atom. The maximum Gasteiger partial charge on any atom is 0.119 e. The van der Waals surface area contributed by atoms with E-state index in [1.807, 2.05) is 19.9 Å². The number of rotatable bonds is 0. The van der Waals surface area contributed by atoms with E-state index in [1.165, 1.54) is 18.2 Å². The monoisotopic (exact) mass is 232 g/mol. The molecule has 0 saturated heterocycles. The number of benzene rings is 2. The molecule has 0 aliphatic heterocycles. The lowest BCUT2D eigenvalue weighted by Crippen LogP contribution is -1.74. The SMILES string of the molecule is Cc1cc(C)cc(O)c1.Oc1cccc(O)c1. The molecule has 2 aromatic rings. The molecule has 0 fully saturated rings. The fraction of sp³-hybridized carbons (Fsp3) is 0.143. The van der Waals surface area contributed by atoms with Gasteiger partial charge in [0.15, 0.2) is 0 Å². The molecular formula is C14H16O3. The Bertz CT molecular complexity index is 425. The normalized spacial score (nSPS) is 9.29. The standard InChI is InChI=1S/C8H10O.C6H6O2/c1-6-3-7(2)5-8(9)4-6;7-5-2-1-3-6(8)4-5/h3-5,9H,1-2H3;1-4,7-8H. The number of phenolic OH excluding ortho intramolecular Hbond substituents is 3. The van der Waals surface area contributed by atoms with Crippen LogP contribution in [0.4, 0.5) is 0 Å². The van der Waals surface area contributed by atoms with Crippen molar-refractivity contribution in [3.05, 3.63) is 53.6 Å². The van der Waals surface area contributed by atoms with E-state index in [0.29, 0.717) is 5.75 Å². The van der Waals surface area contributed by atoms with E-state index in [-0.39, 0.29) is 11.5 Å². The average Bonchev–Trinajstić information content (AvgIpc) is 2.15. The Kier molecular flexibility index (Phi) is 4.40. The van der Waals surface area contributed by atoms with Gasteiger partial charge in [-0.3, -0.25) is 0 Å². The first-order valence-electron chi connectivity index (χ1n) is 5.22. The van der Waals surface area contributed by atoms with Crippen molar-refractivity contribution in [1.82, 2.24) is 0 Å². The predicted octanol–water partition coefficient (Wildman–Crippen LogP) is 3.11. The van der Waals surface area contributed by atoms with Crippen molar-refractivity contribution in [1.29, 1.82) is 0 Å². The van der Waals surface area contributed by atoms with Gasteiger partial charge in [0, 0.05) is 6.07 Å². The van der Waals surface area contributed by atoms with Crippen LogP contribution < -0.4 is 0 Å². The zero-order valence-electron chi connectivity index (χ0n) is 9.88. The molecule has 0 unspecified atom stereocenters. The van der Waals surface area contributed by atoms with Crippen molar-refractivity contribution < 1.29 is 15.3 Å². The van der Waals surface area contributed by atoms with Gasteiger partial charge in [0.2, 0.25) is 0 Å². The molecular weight excluding hydrogens is 216 g/mol. The van der Waals surface area contributed by atoms with Gasteiger partial charge in [0.25, 0.3) is 0 Å². The van der Waals surface area contributed by atoms with Gasteiger partial charge in [-0.15, -0.1) is 0 Å². The highest BCUT2D eigenvalue weighted by Gasteiger charge is 1.89. The lowest BCUT2D eigenvalue weighted by atomic mass is 10.1. The van der Waals surface area contributed by atoms with Gasteiger partial charge < -0.3 is 15.3 Å². The van der Waals surface area contributed by atoms with Crippen LogP contribution in [0.1, 0.15) is 11.1 Å². The van der Waals surface area contributed by atoms with Crippen LogP contribution in [0.3, 0.4) is 0 Å². The Labute approximate surface area is 101 Å². The van der Waals surface area contributed by atoms with Gasteiger partial charge in [-0.2, -0.15) is 0 Å². The number of phenols is 3. The number of hydrogen-bond donors (Lipinski definition) is 3. The van der Waals surface area contributed by atoms with Gasteiger partial charge >= 0.3 is 0 Å². The summed E-state index contributed by atoms with van der Waals surface area (Å²) >= 11 is 0. The van der Waals surface area contributed by atoms with Gasteiger partial charge in [0.1, 0.15) is 17.2 Å². The minimum Gasteiger partial charge on any atom is -0.508 e. The summed E-state index contributed by atoms with van der Waals surface area (Å²) in [5.74, 6) is 0.530. The van der Waals surface area contributed by atoms with Crippen LogP contribution in [0.25, 0.3) is 0 Å². The maximum absolute atomic E-state index is 8.99. The second kappa shape index (κ2) is 5.80. The number of aromatic hydroxyl groups is 3. The van der Waals surface area contributed by atoms with E-state index < -0.39 is 0 Å². The first-order valence-corrected chi connectivity index (χ1v) is 5.22. The molecule has 17 heavy (non-hydrogen) atoms. The van der Waals surface area contributed by atoms with Gasteiger partial charge in [-0.1, -0.05) is 12.1 Å². The Morgan fingerprint density at radius 3 is 1.41 bits per heavy atom. The molecule has 0 aromatic heterocycles. The molecule has 0 heterocycles. The molecule has 0 radical (unpaired) electrons. The summed E-state index contributed by atoms with van der Waals surface area (Å²) in [7, 11) is 0. The second-order valence-corrected chi connectivity index (χ2v) is 3.87. The highest BCUT2D eigenvalue weighted by Crippen LogP contribution is 2.15. The van der Waals surface area contributed by atoms with E-state index in [4.69, 9.17) is 15.3 Å². The Hall–Kier alpha value is -2.16. The summed E-state index contributed by atoms with van der Waals surface area (Å²) in [6.45, 7) is 3.93. The van der Waals surface area contributed by atoms with Crippen LogP contribution in [0.2, 0.25) is 0 Å². The zero-order valence-corrected chi connectivity index (χ0v) is 9.88. The van der Waals surface area contributed by atoms with Crippen LogP contribution in [0.5, 0.6) is 17.2 Å². The average molecular weight is 232 g/mol. The van der Waals surface area contributed by atoms with Crippen molar-refractivity contribution in [2.24, 2.45) is 0 Å². The minimum atomic E-state index is 0.0880. The molecule has 3 heteroatoms. The summed E-state index contributed by atoms with van der Waals surface area (Å²) in [5, 5.41) is 26.3. The van der Waals surface area contributed by atoms with E-state index in [1.54, 1.807) is 18.2 Å². The Balaban J connectivity index is 0.000000171. The quantitative estimate of drug-likeness (QED) is 0.654. The van der Waals surface area contributed by atoms with Crippen molar-refractivity contribution in [2.75, 3.05) is 0 Å². The van der Waals surface area contributed by atoms with E-state index in [9.17, 15) is 0 Å². The second-order valence-electron chi connectivity index (χ2n) is 3.87. The zero-order chi connectivity index (χ0) is 12.8. The number of aryl methyl sites for hydroxylation is 2. The van der Waals surface area contributed by atoms with E-state index >= 15 is 0 Å². The topological polar surface area (TPSA) is 60.7 Å². The third-order valence-corrected chi connectivity index (χ3v) is 2.04. The first kappa shape index (κ1) is 12.9. The lowest BCUT2D eigenvalue weighted by molar-refractivity contribution is 0.450. The van der Waals surface area contributed by atoms with Crippen LogP contribution in [0, 0.1) is 13.8 Å². The van der Waals surface area contributed by atoms with Crippen molar-refractivity contribution in [3.8, 4) is 17.2 Å². The van der Waals surface area contributed by atoms with Gasteiger partial charge in [-0.05, 0) is 49.2 Å². The van der Waals surface area contributed by atoms with Gasteiger partial charge in [0.05, 0.1) is 0 Å². The first-order chi connectivity index (χ1) is 7.97. The molecule has 0 aliphatic rings. The summed E-state index contributed by atoms with van der Waals surface area (Å²) in [6, 6.07) is 11.4. The lowest BCUT2D eigenvalue weighted by Gasteiger charge is -1.95. The molecule has 0 atom stereocenters. The van der Waals surface area contributed by atoms with Crippen molar-refractivity contribution >= 4 is 0 Å². The van der Waals surface area contributed by atoms with Gasteiger partial charge in [-0.25, -0.2) is 0 Å². The van der Waals surface area contributed by atoms with Crippen molar-refractivity contribution in [2.45, 2.75) is 13.8 Å². The third-order valence-electron chi connectivity index (χ3n) is 2.04. The van der Waals surface area contributed by atoms with Crippen LogP contribution >= 0.6 is 0 Å². The van der Waals surface area contributed by atoms with E-state index in [2.05, 4.69) is 0 Å². The van der Waals surface area contributed by atoms with Crippen LogP contribution in [-0.2, 0) is 0 Å². The maximum atomic E-state index is 8.99. The molecule has 3 N–H and O–H groups in total. The molecule has 0 spiro atoms. The molecule has 0 bridgehead atoms. The van der Waals surface area contributed by atoms with Crippen molar-refractivity contribution in [3.63, 3.8) is 0 Å². The highest BCUT2D eigenvalue weighted by molar-refractivity contribution is 5.31. The molecule has 0 saturated carbocycles. The molecule has 0 aliphatic carbocycles.